The minimum absolute atomic E-state index is 0.0702. The molecule has 3 nitrogen and oxygen atoms in total. The number of carboxylic acids is 1. The van der Waals surface area contributed by atoms with Gasteiger partial charge < -0.3 is 9.84 Å². The molecular formula is C11H11F2IO3. The summed E-state index contributed by atoms with van der Waals surface area (Å²) in [6.45, 7) is 0. The van der Waals surface area contributed by atoms with Gasteiger partial charge in [0, 0.05) is 9.99 Å². The van der Waals surface area contributed by atoms with Crippen LogP contribution in [-0.4, -0.2) is 18.2 Å². The van der Waals surface area contributed by atoms with Crippen LogP contribution in [0.2, 0.25) is 0 Å². The summed E-state index contributed by atoms with van der Waals surface area (Å²) in [5.74, 6) is -4.37. The molecule has 0 aliphatic heterocycles. The van der Waals surface area contributed by atoms with E-state index >= 15 is 0 Å². The molecule has 1 rings (SSSR count). The van der Waals surface area contributed by atoms with Gasteiger partial charge in [-0.05, 0) is 40.8 Å². The van der Waals surface area contributed by atoms with Gasteiger partial charge in [-0.15, -0.1) is 0 Å². The number of benzene rings is 1. The summed E-state index contributed by atoms with van der Waals surface area (Å²) in [6, 6.07) is 4.41. The number of carboxylic acid groups (broad SMARTS) is 1. The molecule has 0 aromatic heterocycles. The first-order valence-corrected chi connectivity index (χ1v) is 5.88. The fraction of sp³-hybridized carbons (Fsp3) is 0.364. The average Bonchev–Trinajstić information content (AvgIpc) is 2.26. The summed E-state index contributed by atoms with van der Waals surface area (Å²) < 4.78 is 33.1. The Morgan fingerprint density at radius 3 is 2.71 bits per heavy atom. The molecule has 0 atom stereocenters. The molecule has 17 heavy (non-hydrogen) atoms. The zero-order valence-electron chi connectivity index (χ0n) is 9.04. The molecule has 1 N–H and O–H groups in total. The number of rotatable bonds is 5. The summed E-state index contributed by atoms with van der Waals surface area (Å²) in [7, 11) is 1.30. The van der Waals surface area contributed by atoms with Crippen molar-refractivity contribution >= 4 is 28.6 Å². The van der Waals surface area contributed by atoms with Crippen molar-refractivity contribution in [2.24, 2.45) is 0 Å². The van der Waals surface area contributed by atoms with Crippen LogP contribution in [0, 0.1) is 3.57 Å². The monoisotopic (exact) mass is 356 g/mol. The zero-order valence-corrected chi connectivity index (χ0v) is 11.2. The number of methoxy groups -OCH3 is 1. The lowest BCUT2D eigenvalue weighted by molar-refractivity contribution is -0.139. The van der Waals surface area contributed by atoms with Gasteiger partial charge in [-0.2, -0.15) is 0 Å². The smallest absolute Gasteiger partial charge is 0.303 e. The van der Waals surface area contributed by atoms with E-state index in [0.29, 0.717) is 3.57 Å². The number of carbonyl (C=O) groups is 1. The number of halogens is 3. The van der Waals surface area contributed by atoms with Crippen LogP contribution in [-0.2, 0) is 10.7 Å². The number of ether oxygens (including phenoxy) is 1. The van der Waals surface area contributed by atoms with Crippen molar-refractivity contribution in [1.29, 1.82) is 0 Å². The molecule has 0 aliphatic carbocycles. The Hall–Kier alpha value is -0.920. The van der Waals surface area contributed by atoms with Crippen molar-refractivity contribution in [2.75, 3.05) is 7.11 Å². The van der Waals surface area contributed by atoms with Crippen molar-refractivity contribution in [1.82, 2.24) is 0 Å². The van der Waals surface area contributed by atoms with Gasteiger partial charge >= 0.3 is 5.97 Å². The highest BCUT2D eigenvalue weighted by Gasteiger charge is 2.35. The minimum Gasteiger partial charge on any atom is -0.496 e. The molecule has 0 fully saturated rings. The maximum atomic E-state index is 13.8. The highest BCUT2D eigenvalue weighted by molar-refractivity contribution is 14.1. The van der Waals surface area contributed by atoms with E-state index in [9.17, 15) is 13.6 Å². The van der Waals surface area contributed by atoms with Crippen molar-refractivity contribution in [3.63, 3.8) is 0 Å². The van der Waals surface area contributed by atoms with E-state index in [4.69, 9.17) is 9.84 Å². The second kappa shape index (κ2) is 5.61. The van der Waals surface area contributed by atoms with E-state index in [2.05, 4.69) is 0 Å². The normalized spacial score (nSPS) is 11.3. The first kappa shape index (κ1) is 14.1. The summed E-state index contributed by atoms with van der Waals surface area (Å²) in [4.78, 5) is 10.3. The van der Waals surface area contributed by atoms with Gasteiger partial charge in [0.15, 0.2) is 0 Å². The van der Waals surface area contributed by atoms with Gasteiger partial charge in [-0.3, -0.25) is 4.79 Å². The highest BCUT2D eigenvalue weighted by atomic mass is 127. The van der Waals surface area contributed by atoms with Gasteiger partial charge in [0.05, 0.1) is 19.1 Å². The largest absolute Gasteiger partial charge is 0.496 e. The molecule has 1 aromatic rings. The number of hydrogen-bond acceptors (Lipinski definition) is 2. The Kier molecular flexibility index (Phi) is 4.67. The Balaban J connectivity index is 3.03. The van der Waals surface area contributed by atoms with Crippen LogP contribution < -0.4 is 4.74 Å². The van der Waals surface area contributed by atoms with E-state index in [1.54, 1.807) is 6.07 Å². The molecule has 1 aromatic carbocycles. The summed E-state index contributed by atoms with van der Waals surface area (Å²) in [6.07, 6.45) is -1.32. The van der Waals surface area contributed by atoms with Crippen LogP contribution in [0.4, 0.5) is 8.78 Å². The van der Waals surface area contributed by atoms with E-state index in [-0.39, 0.29) is 11.3 Å². The molecule has 6 heteroatoms. The van der Waals surface area contributed by atoms with Gasteiger partial charge in [0.2, 0.25) is 0 Å². The van der Waals surface area contributed by atoms with Crippen molar-refractivity contribution < 1.29 is 23.4 Å². The fourth-order valence-corrected chi connectivity index (χ4v) is 1.86. The Morgan fingerprint density at radius 2 is 2.18 bits per heavy atom. The molecule has 0 radical (unpaired) electrons. The van der Waals surface area contributed by atoms with E-state index in [1.807, 2.05) is 22.6 Å². The molecular weight excluding hydrogens is 345 g/mol. The summed E-state index contributed by atoms with van der Waals surface area (Å²) in [5, 5.41) is 8.44. The maximum Gasteiger partial charge on any atom is 0.303 e. The van der Waals surface area contributed by atoms with E-state index in [0.717, 1.165) is 0 Å². The standard InChI is InChI=1S/C11H11F2IO3/c1-17-9-3-2-7(14)6-8(9)11(12,13)5-4-10(15)16/h2-3,6H,4-5H2,1H3,(H,15,16). The van der Waals surface area contributed by atoms with E-state index < -0.39 is 24.7 Å². The molecule has 0 aliphatic rings. The van der Waals surface area contributed by atoms with Crippen LogP contribution in [0.1, 0.15) is 18.4 Å². The fourth-order valence-electron chi connectivity index (χ4n) is 1.36. The Morgan fingerprint density at radius 1 is 1.53 bits per heavy atom. The van der Waals surface area contributed by atoms with Crippen LogP contribution in [0.3, 0.4) is 0 Å². The quantitative estimate of drug-likeness (QED) is 0.824. The van der Waals surface area contributed by atoms with Crippen molar-refractivity contribution in [3.05, 3.63) is 27.3 Å². The maximum absolute atomic E-state index is 13.8. The lowest BCUT2D eigenvalue weighted by Crippen LogP contribution is -2.16. The first-order chi connectivity index (χ1) is 7.86. The summed E-state index contributed by atoms with van der Waals surface area (Å²) >= 11 is 1.92. The second-order valence-electron chi connectivity index (χ2n) is 3.44. The predicted molar refractivity (Wildman–Crippen MR) is 66.5 cm³/mol. The molecule has 0 saturated heterocycles. The highest BCUT2D eigenvalue weighted by Crippen LogP contribution is 2.39. The van der Waals surface area contributed by atoms with Crippen LogP contribution >= 0.6 is 22.6 Å². The van der Waals surface area contributed by atoms with Crippen LogP contribution in [0.15, 0.2) is 18.2 Å². The average molecular weight is 356 g/mol. The SMILES string of the molecule is COc1ccc(I)cc1C(F)(F)CCC(=O)O. The second-order valence-corrected chi connectivity index (χ2v) is 4.69. The van der Waals surface area contributed by atoms with Gasteiger partial charge in [-0.25, -0.2) is 8.78 Å². The lowest BCUT2D eigenvalue weighted by Gasteiger charge is -2.19. The summed E-state index contributed by atoms with van der Waals surface area (Å²) in [5.41, 5.74) is -0.270. The molecule has 94 valence electrons. The topological polar surface area (TPSA) is 46.5 Å². The van der Waals surface area contributed by atoms with E-state index in [1.165, 1.54) is 19.2 Å². The van der Waals surface area contributed by atoms with Crippen LogP contribution in [0.5, 0.6) is 5.75 Å². The first-order valence-electron chi connectivity index (χ1n) is 4.80. The molecule has 0 amide bonds. The van der Waals surface area contributed by atoms with Crippen molar-refractivity contribution in [2.45, 2.75) is 18.8 Å². The molecule has 0 saturated carbocycles. The number of alkyl halides is 2. The molecule has 0 heterocycles. The van der Waals surface area contributed by atoms with Gasteiger partial charge in [-0.1, -0.05) is 0 Å². The van der Waals surface area contributed by atoms with Crippen molar-refractivity contribution in [3.8, 4) is 5.75 Å². The molecule has 0 unspecified atom stereocenters. The third kappa shape index (κ3) is 3.79. The predicted octanol–water partition coefficient (Wildman–Crippen LogP) is 3.26. The Labute approximate surface area is 111 Å². The lowest BCUT2D eigenvalue weighted by atomic mass is 10.0. The minimum atomic E-state index is -3.20. The third-order valence-corrected chi connectivity index (χ3v) is 2.88. The zero-order chi connectivity index (χ0) is 13.1. The van der Waals surface area contributed by atoms with Crippen LogP contribution in [0.25, 0.3) is 0 Å². The number of aliphatic carboxylic acids is 1. The third-order valence-electron chi connectivity index (χ3n) is 2.21. The Bertz CT molecular complexity index is 421. The van der Waals surface area contributed by atoms with Gasteiger partial charge in [0.25, 0.3) is 5.92 Å². The van der Waals surface area contributed by atoms with Gasteiger partial charge in [0.1, 0.15) is 5.75 Å². The molecule has 0 spiro atoms. The molecule has 0 bridgehead atoms. The number of hydrogen-bond donors (Lipinski definition) is 1.